The SMILES string of the molecule is O=C1C2ON(c3ccccc3)C(c3ccc(F)cc3)C2C(=O)N1c1ccc(Cl)cc1Cl. The Morgan fingerprint density at radius 1 is 0.871 bits per heavy atom. The fourth-order valence-corrected chi connectivity index (χ4v) is 4.61. The van der Waals surface area contributed by atoms with Gasteiger partial charge in [0.05, 0.1) is 22.4 Å². The molecule has 3 aromatic carbocycles. The summed E-state index contributed by atoms with van der Waals surface area (Å²) >= 11 is 12.2. The first-order valence-corrected chi connectivity index (χ1v) is 10.3. The number of amides is 2. The smallest absolute Gasteiger partial charge is 0.266 e. The van der Waals surface area contributed by atoms with E-state index >= 15 is 0 Å². The molecule has 0 aromatic heterocycles. The Bertz CT molecular complexity index is 1170. The molecule has 2 aliphatic heterocycles. The van der Waals surface area contributed by atoms with Crippen molar-refractivity contribution in [2.45, 2.75) is 12.1 Å². The summed E-state index contributed by atoms with van der Waals surface area (Å²) < 4.78 is 13.6. The van der Waals surface area contributed by atoms with Gasteiger partial charge in [-0.05, 0) is 48.0 Å². The first kappa shape index (κ1) is 20.0. The molecule has 0 saturated carbocycles. The summed E-state index contributed by atoms with van der Waals surface area (Å²) in [6.07, 6.45) is -1.03. The summed E-state index contributed by atoms with van der Waals surface area (Å²) in [5, 5.41) is 2.13. The molecule has 156 valence electrons. The molecule has 0 spiro atoms. The molecule has 3 aromatic rings. The van der Waals surface area contributed by atoms with E-state index in [1.807, 2.05) is 30.3 Å². The average molecular weight is 457 g/mol. The molecule has 0 radical (unpaired) electrons. The lowest BCUT2D eigenvalue weighted by atomic mass is 9.90. The maximum atomic E-state index is 13.6. The summed E-state index contributed by atoms with van der Waals surface area (Å²) in [6.45, 7) is 0. The topological polar surface area (TPSA) is 49.9 Å². The Morgan fingerprint density at radius 3 is 2.26 bits per heavy atom. The number of nitrogens with zero attached hydrogens (tertiary/aromatic N) is 2. The minimum absolute atomic E-state index is 0.187. The number of hydroxylamine groups is 1. The molecular weight excluding hydrogens is 442 g/mol. The predicted octanol–water partition coefficient (Wildman–Crippen LogP) is 5.18. The zero-order valence-corrected chi connectivity index (χ0v) is 17.4. The van der Waals surface area contributed by atoms with Crippen LogP contribution in [0.2, 0.25) is 10.0 Å². The van der Waals surface area contributed by atoms with E-state index in [-0.39, 0.29) is 10.7 Å². The first-order valence-electron chi connectivity index (χ1n) is 9.55. The lowest BCUT2D eigenvalue weighted by molar-refractivity contribution is -0.126. The highest BCUT2D eigenvalue weighted by Gasteiger charge is 2.60. The second kappa shape index (κ2) is 7.64. The zero-order valence-electron chi connectivity index (χ0n) is 15.9. The molecule has 8 heteroatoms. The zero-order chi connectivity index (χ0) is 21.7. The van der Waals surface area contributed by atoms with Gasteiger partial charge in [0.1, 0.15) is 11.7 Å². The fourth-order valence-electron chi connectivity index (χ4n) is 4.11. The van der Waals surface area contributed by atoms with E-state index < -0.39 is 35.7 Å². The number of rotatable bonds is 3. The molecule has 5 rings (SSSR count). The van der Waals surface area contributed by atoms with Crippen molar-refractivity contribution in [2.75, 3.05) is 9.96 Å². The number of hydrogen-bond donors (Lipinski definition) is 0. The van der Waals surface area contributed by atoms with Crippen LogP contribution in [0, 0.1) is 11.7 Å². The number of carbonyl (C=O) groups excluding carboxylic acids is 2. The van der Waals surface area contributed by atoms with E-state index in [1.54, 1.807) is 23.3 Å². The van der Waals surface area contributed by atoms with E-state index in [2.05, 4.69) is 0 Å². The molecule has 2 amide bonds. The van der Waals surface area contributed by atoms with Crippen LogP contribution in [0.5, 0.6) is 0 Å². The van der Waals surface area contributed by atoms with Crippen molar-refractivity contribution in [3.05, 3.63) is 94.2 Å². The first-order chi connectivity index (χ1) is 15.0. The number of halogens is 3. The van der Waals surface area contributed by atoms with Crippen molar-refractivity contribution >= 4 is 46.4 Å². The lowest BCUT2D eigenvalue weighted by Crippen LogP contribution is -2.37. The van der Waals surface area contributed by atoms with Crippen LogP contribution in [0.3, 0.4) is 0 Å². The van der Waals surface area contributed by atoms with E-state index in [4.69, 9.17) is 28.0 Å². The van der Waals surface area contributed by atoms with Crippen molar-refractivity contribution in [1.82, 2.24) is 0 Å². The van der Waals surface area contributed by atoms with Gasteiger partial charge >= 0.3 is 0 Å². The minimum atomic E-state index is -1.03. The summed E-state index contributed by atoms with van der Waals surface area (Å²) in [4.78, 5) is 33.8. The number of benzene rings is 3. The van der Waals surface area contributed by atoms with Crippen LogP contribution in [0.15, 0.2) is 72.8 Å². The minimum Gasteiger partial charge on any atom is -0.273 e. The molecule has 3 atom stereocenters. The third-order valence-corrected chi connectivity index (χ3v) is 6.03. The number of imide groups is 1. The lowest BCUT2D eigenvalue weighted by Gasteiger charge is -2.29. The van der Waals surface area contributed by atoms with Gasteiger partial charge in [-0.2, -0.15) is 0 Å². The quantitative estimate of drug-likeness (QED) is 0.509. The predicted molar refractivity (Wildman–Crippen MR) is 115 cm³/mol. The standard InChI is InChI=1S/C23H15Cl2FN2O3/c24-14-8-11-18(17(25)12-14)27-22(29)19-20(13-6-9-15(26)10-7-13)28(31-21(19)23(27)30)16-4-2-1-3-5-16/h1-12,19-21H. The van der Waals surface area contributed by atoms with Crippen LogP contribution < -0.4 is 9.96 Å². The maximum Gasteiger partial charge on any atom is 0.266 e. The maximum absolute atomic E-state index is 13.6. The van der Waals surface area contributed by atoms with Crippen molar-refractivity contribution in [3.63, 3.8) is 0 Å². The summed E-state index contributed by atoms with van der Waals surface area (Å²) in [7, 11) is 0. The Hall–Kier alpha value is -2.93. The average Bonchev–Trinajstić information content (AvgIpc) is 3.26. The van der Waals surface area contributed by atoms with E-state index in [1.165, 1.54) is 24.3 Å². The largest absolute Gasteiger partial charge is 0.273 e. The fraction of sp³-hybridized carbons (Fsp3) is 0.130. The summed E-state index contributed by atoms with van der Waals surface area (Å²) in [5.74, 6) is -2.17. The van der Waals surface area contributed by atoms with Crippen molar-refractivity contribution in [1.29, 1.82) is 0 Å². The molecule has 0 aliphatic carbocycles. The Kier molecular flexibility index (Phi) is 4.93. The highest BCUT2D eigenvalue weighted by Crippen LogP contribution is 2.48. The van der Waals surface area contributed by atoms with E-state index in [9.17, 15) is 14.0 Å². The normalized spacial score (nSPS) is 22.9. The molecule has 0 bridgehead atoms. The third kappa shape index (κ3) is 3.28. The van der Waals surface area contributed by atoms with Gasteiger partial charge in [-0.25, -0.2) is 14.4 Å². The van der Waals surface area contributed by atoms with E-state index in [0.717, 1.165) is 4.90 Å². The van der Waals surface area contributed by atoms with Crippen LogP contribution in [-0.2, 0) is 14.4 Å². The summed E-state index contributed by atoms with van der Waals surface area (Å²) in [5.41, 5.74) is 1.59. The van der Waals surface area contributed by atoms with Crippen molar-refractivity contribution in [2.24, 2.45) is 5.92 Å². The monoisotopic (exact) mass is 456 g/mol. The number of para-hydroxylation sites is 1. The van der Waals surface area contributed by atoms with Gasteiger partial charge in [0.25, 0.3) is 5.91 Å². The van der Waals surface area contributed by atoms with Gasteiger partial charge < -0.3 is 0 Å². The van der Waals surface area contributed by atoms with E-state index in [0.29, 0.717) is 16.3 Å². The molecule has 5 nitrogen and oxygen atoms in total. The van der Waals surface area contributed by atoms with Crippen LogP contribution in [0.25, 0.3) is 0 Å². The summed E-state index contributed by atoms with van der Waals surface area (Å²) in [6, 6.07) is 18.9. The van der Waals surface area contributed by atoms with Crippen molar-refractivity contribution < 1.29 is 18.8 Å². The van der Waals surface area contributed by atoms with Crippen LogP contribution >= 0.6 is 23.2 Å². The van der Waals surface area contributed by atoms with Gasteiger partial charge in [-0.3, -0.25) is 14.4 Å². The van der Waals surface area contributed by atoms with Crippen molar-refractivity contribution in [3.8, 4) is 0 Å². The van der Waals surface area contributed by atoms with Gasteiger partial charge in [-0.15, -0.1) is 0 Å². The van der Waals surface area contributed by atoms with Crippen LogP contribution in [0.1, 0.15) is 11.6 Å². The molecular formula is C23H15Cl2FN2O3. The number of hydrogen-bond acceptors (Lipinski definition) is 4. The Morgan fingerprint density at radius 2 is 1.58 bits per heavy atom. The van der Waals surface area contributed by atoms with Gasteiger partial charge in [0, 0.05) is 5.02 Å². The molecule has 2 aliphatic rings. The molecule has 0 N–H and O–H groups in total. The third-order valence-electron chi connectivity index (χ3n) is 5.49. The number of anilines is 2. The van der Waals surface area contributed by atoms with Crippen LogP contribution in [0.4, 0.5) is 15.8 Å². The Labute approximate surface area is 187 Å². The molecule has 31 heavy (non-hydrogen) atoms. The Balaban J connectivity index is 1.59. The highest BCUT2D eigenvalue weighted by molar-refractivity contribution is 6.38. The van der Waals surface area contributed by atoms with Crippen LogP contribution in [-0.4, -0.2) is 17.9 Å². The molecule has 3 unspecified atom stereocenters. The molecule has 2 heterocycles. The van der Waals surface area contributed by atoms with Gasteiger partial charge in [0.15, 0.2) is 6.10 Å². The molecule has 2 fully saturated rings. The number of carbonyl (C=O) groups is 2. The highest BCUT2D eigenvalue weighted by atomic mass is 35.5. The molecule has 2 saturated heterocycles. The van der Waals surface area contributed by atoms with Gasteiger partial charge in [0.2, 0.25) is 5.91 Å². The van der Waals surface area contributed by atoms with Gasteiger partial charge in [-0.1, -0.05) is 53.5 Å². The second-order valence-electron chi connectivity index (χ2n) is 7.32. The number of fused-ring (bicyclic) bond motifs is 1. The second-order valence-corrected chi connectivity index (χ2v) is 8.16.